The molecule has 1 saturated heterocycles. The zero-order valence-electron chi connectivity index (χ0n) is 18.1. The second kappa shape index (κ2) is 8.11. The summed E-state index contributed by atoms with van der Waals surface area (Å²) in [6, 6.07) is 13.7. The highest BCUT2D eigenvalue weighted by Crippen LogP contribution is 2.28. The van der Waals surface area contributed by atoms with E-state index in [9.17, 15) is 4.79 Å². The van der Waals surface area contributed by atoms with Gasteiger partial charge in [0.15, 0.2) is 0 Å². The lowest BCUT2D eigenvalue weighted by Crippen LogP contribution is -2.26. The van der Waals surface area contributed by atoms with Gasteiger partial charge in [-0.2, -0.15) is 0 Å². The average Bonchev–Trinajstić information content (AvgIpc) is 3.50. The van der Waals surface area contributed by atoms with Gasteiger partial charge in [0.05, 0.1) is 28.0 Å². The Labute approximate surface area is 186 Å². The second-order valence-corrected chi connectivity index (χ2v) is 8.44. The number of amidine groups is 1. The number of fused-ring (bicyclic) bond motifs is 2. The van der Waals surface area contributed by atoms with E-state index < -0.39 is 0 Å². The number of benzene rings is 2. The SMILES string of the molecule is CC(c1nc2ccccc2[nH]1)c1nc2ccc(C(=N)N)cc2n1CCCN1CCCC1=O. The normalized spacial score (nSPS) is 15.2. The van der Waals surface area contributed by atoms with E-state index in [-0.39, 0.29) is 17.7 Å². The Morgan fingerprint density at radius 3 is 2.78 bits per heavy atom. The maximum atomic E-state index is 12.0. The molecule has 1 fully saturated rings. The van der Waals surface area contributed by atoms with Crippen molar-refractivity contribution in [3.63, 3.8) is 0 Å². The molecule has 2 aromatic carbocycles. The molecular formula is C24H27N7O. The maximum Gasteiger partial charge on any atom is 0.222 e. The van der Waals surface area contributed by atoms with Crippen LogP contribution in [0, 0.1) is 5.41 Å². The van der Waals surface area contributed by atoms with Crippen molar-refractivity contribution in [2.45, 2.75) is 38.6 Å². The summed E-state index contributed by atoms with van der Waals surface area (Å²) >= 11 is 0. The number of likely N-dealkylation sites (tertiary alicyclic amines) is 1. The van der Waals surface area contributed by atoms with Gasteiger partial charge in [-0.05, 0) is 50.1 Å². The molecule has 0 spiro atoms. The van der Waals surface area contributed by atoms with Crippen LogP contribution in [-0.2, 0) is 11.3 Å². The number of para-hydroxylation sites is 2. The van der Waals surface area contributed by atoms with Crippen LogP contribution in [0.25, 0.3) is 22.1 Å². The number of aromatic amines is 1. The Morgan fingerprint density at radius 2 is 2.03 bits per heavy atom. The van der Waals surface area contributed by atoms with Crippen LogP contribution >= 0.6 is 0 Å². The molecule has 1 amide bonds. The van der Waals surface area contributed by atoms with E-state index in [4.69, 9.17) is 21.1 Å². The number of nitrogen functional groups attached to an aromatic ring is 1. The molecular weight excluding hydrogens is 402 g/mol. The molecule has 8 heteroatoms. The number of nitrogens with two attached hydrogens (primary N) is 1. The van der Waals surface area contributed by atoms with E-state index >= 15 is 0 Å². The van der Waals surface area contributed by atoms with Gasteiger partial charge < -0.3 is 20.2 Å². The van der Waals surface area contributed by atoms with Gasteiger partial charge in [-0.15, -0.1) is 0 Å². The molecule has 164 valence electrons. The van der Waals surface area contributed by atoms with Crippen molar-refractivity contribution in [1.82, 2.24) is 24.4 Å². The van der Waals surface area contributed by atoms with E-state index in [1.165, 1.54) is 0 Å². The number of hydrogen-bond acceptors (Lipinski definition) is 4. The number of amides is 1. The number of rotatable bonds is 7. The maximum absolute atomic E-state index is 12.0. The molecule has 5 rings (SSSR count). The summed E-state index contributed by atoms with van der Waals surface area (Å²) < 4.78 is 2.19. The third kappa shape index (κ3) is 3.62. The Kier molecular flexibility index (Phi) is 5.13. The van der Waals surface area contributed by atoms with Crippen molar-refractivity contribution in [2.24, 2.45) is 5.73 Å². The van der Waals surface area contributed by atoms with Gasteiger partial charge in [-0.25, -0.2) is 9.97 Å². The molecule has 3 heterocycles. The molecule has 32 heavy (non-hydrogen) atoms. The van der Waals surface area contributed by atoms with Crippen molar-refractivity contribution in [1.29, 1.82) is 5.41 Å². The van der Waals surface area contributed by atoms with E-state index in [0.717, 1.165) is 66.2 Å². The second-order valence-electron chi connectivity index (χ2n) is 8.44. The number of H-pyrrole nitrogens is 1. The molecule has 0 saturated carbocycles. The quantitative estimate of drug-likeness (QED) is 0.308. The molecule has 4 aromatic rings. The van der Waals surface area contributed by atoms with Gasteiger partial charge in [0.2, 0.25) is 5.91 Å². The molecule has 1 aliphatic rings. The Bertz CT molecular complexity index is 1290. The summed E-state index contributed by atoms with van der Waals surface area (Å²) in [5.41, 5.74) is 10.2. The van der Waals surface area contributed by atoms with E-state index in [1.807, 2.05) is 47.4 Å². The van der Waals surface area contributed by atoms with Gasteiger partial charge in [0, 0.05) is 31.6 Å². The van der Waals surface area contributed by atoms with Crippen LogP contribution in [0.15, 0.2) is 42.5 Å². The summed E-state index contributed by atoms with van der Waals surface area (Å²) in [6.07, 6.45) is 2.44. The predicted octanol–water partition coefficient (Wildman–Crippen LogP) is 3.36. The summed E-state index contributed by atoms with van der Waals surface area (Å²) in [6.45, 7) is 4.41. The number of carbonyl (C=O) groups excluding carboxylic acids is 1. The van der Waals surface area contributed by atoms with Gasteiger partial charge in [0.1, 0.15) is 17.5 Å². The van der Waals surface area contributed by atoms with Crippen LogP contribution < -0.4 is 5.73 Å². The van der Waals surface area contributed by atoms with Crippen LogP contribution in [0.3, 0.4) is 0 Å². The van der Waals surface area contributed by atoms with Crippen molar-refractivity contribution in [3.8, 4) is 0 Å². The third-order valence-corrected chi connectivity index (χ3v) is 6.28. The lowest BCUT2D eigenvalue weighted by Gasteiger charge is -2.17. The van der Waals surface area contributed by atoms with E-state index in [2.05, 4.69) is 16.5 Å². The average molecular weight is 430 g/mol. The summed E-state index contributed by atoms with van der Waals surface area (Å²) in [4.78, 5) is 27.1. The minimum absolute atomic E-state index is 0.0363. The first-order valence-corrected chi connectivity index (χ1v) is 11.1. The largest absolute Gasteiger partial charge is 0.384 e. The molecule has 8 nitrogen and oxygen atoms in total. The molecule has 0 aliphatic carbocycles. The minimum atomic E-state index is -0.0519. The van der Waals surface area contributed by atoms with Gasteiger partial charge in [-0.1, -0.05) is 12.1 Å². The monoisotopic (exact) mass is 429 g/mol. The van der Waals surface area contributed by atoms with Gasteiger partial charge >= 0.3 is 0 Å². The molecule has 4 N–H and O–H groups in total. The van der Waals surface area contributed by atoms with Crippen LogP contribution in [0.2, 0.25) is 0 Å². The fraction of sp³-hybridized carbons (Fsp3) is 0.333. The molecule has 1 aliphatic heterocycles. The molecule has 0 bridgehead atoms. The number of aromatic nitrogens is 4. The highest BCUT2D eigenvalue weighted by Gasteiger charge is 2.23. The smallest absolute Gasteiger partial charge is 0.222 e. The number of hydrogen-bond donors (Lipinski definition) is 3. The van der Waals surface area contributed by atoms with Crippen molar-refractivity contribution in [3.05, 3.63) is 59.7 Å². The third-order valence-electron chi connectivity index (χ3n) is 6.28. The minimum Gasteiger partial charge on any atom is -0.384 e. The van der Waals surface area contributed by atoms with Crippen LogP contribution in [0.4, 0.5) is 0 Å². The number of imidazole rings is 2. The number of aryl methyl sites for hydroxylation is 1. The first kappa shape index (κ1) is 20.2. The highest BCUT2D eigenvalue weighted by atomic mass is 16.2. The summed E-state index contributed by atoms with van der Waals surface area (Å²) in [5.74, 6) is 2.00. The first-order valence-electron chi connectivity index (χ1n) is 11.1. The van der Waals surface area contributed by atoms with E-state index in [1.54, 1.807) is 0 Å². The highest BCUT2D eigenvalue weighted by molar-refractivity contribution is 5.98. The molecule has 1 atom stereocenters. The molecule has 2 aromatic heterocycles. The zero-order valence-corrected chi connectivity index (χ0v) is 18.1. The zero-order chi connectivity index (χ0) is 22.2. The van der Waals surface area contributed by atoms with Crippen molar-refractivity contribution in [2.75, 3.05) is 13.1 Å². The standard InChI is InChI=1S/C24H27N7O/c1-15(23-27-17-6-2-3-7-18(17)28-23)24-29-19-10-9-16(22(25)26)14-20(19)31(24)13-5-12-30-11-4-8-21(30)32/h2-3,6-7,9-10,14-15H,4-5,8,11-13H2,1H3,(H3,25,26)(H,27,28). The number of nitrogens with one attached hydrogen (secondary N) is 2. The van der Waals surface area contributed by atoms with Crippen LogP contribution in [-0.4, -0.2) is 49.3 Å². The lowest BCUT2D eigenvalue weighted by atomic mass is 10.1. The van der Waals surface area contributed by atoms with Crippen molar-refractivity contribution >= 4 is 33.8 Å². The first-order chi connectivity index (χ1) is 15.5. The summed E-state index contributed by atoms with van der Waals surface area (Å²) in [5, 5.41) is 7.83. The topological polar surface area (TPSA) is 117 Å². The fourth-order valence-corrected chi connectivity index (χ4v) is 4.53. The predicted molar refractivity (Wildman–Crippen MR) is 125 cm³/mol. The fourth-order valence-electron chi connectivity index (χ4n) is 4.53. The Hall–Kier alpha value is -3.68. The molecule has 0 radical (unpaired) electrons. The number of nitrogens with zero attached hydrogens (tertiary/aromatic N) is 4. The Morgan fingerprint density at radius 1 is 1.19 bits per heavy atom. The van der Waals surface area contributed by atoms with Crippen molar-refractivity contribution < 1.29 is 4.79 Å². The van der Waals surface area contributed by atoms with Gasteiger partial charge in [0.25, 0.3) is 0 Å². The molecule has 1 unspecified atom stereocenters. The van der Waals surface area contributed by atoms with Crippen LogP contribution in [0.5, 0.6) is 0 Å². The Balaban J connectivity index is 1.51. The van der Waals surface area contributed by atoms with Crippen LogP contribution in [0.1, 0.15) is 49.3 Å². The van der Waals surface area contributed by atoms with Gasteiger partial charge in [-0.3, -0.25) is 10.2 Å². The lowest BCUT2D eigenvalue weighted by molar-refractivity contribution is -0.127. The number of carbonyl (C=O) groups is 1. The summed E-state index contributed by atoms with van der Waals surface area (Å²) in [7, 11) is 0. The van der Waals surface area contributed by atoms with E-state index in [0.29, 0.717) is 12.0 Å².